The van der Waals surface area contributed by atoms with Gasteiger partial charge in [0, 0.05) is 22.3 Å². The fourth-order valence-electron chi connectivity index (χ4n) is 3.70. The summed E-state index contributed by atoms with van der Waals surface area (Å²) >= 11 is 0. The van der Waals surface area contributed by atoms with Gasteiger partial charge in [-0.2, -0.15) is 0 Å². The van der Waals surface area contributed by atoms with E-state index in [4.69, 9.17) is 9.47 Å². The monoisotopic (exact) mass is 312 g/mol. The second-order valence-corrected chi connectivity index (χ2v) is 6.14. The molecular formula is C22H16O2. The van der Waals surface area contributed by atoms with Gasteiger partial charge in [-0.25, -0.2) is 0 Å². The van der Waals surface area contributed by atoms with E-state index in [9.17, 15) is 0 Å². The highest BCUT2D eigenvalue weighted by Crippen LogP contribution is 2.51. The van der Waals surface area contributed by atoms with E-state index in [1.165, 1.54) is 0 Å². The zero-order chi connectivity index (χ0) is 16.0. The first-order valence-corrected chi connectivity index (χ1v) is 8.15. The first kappa shape index (κ1) is 13.4. The van der Waals surface area contributed by atoms with E-state index in [0.29, 0.717) is 6.61 Å². The summed E-state index contributed by atoms with van der Waals surface area (Å²) in [5.74, 6) is 1.79. The highest BCUT2D eigenvalue weighted by atomic mass is 16.5. The van der Waals surface area contributed by atoms with Gasteiger partial charge in [-0.3, -0.25) is 0 Å². The molecule has 0 radical (unpaired) electrons. The lowest BCUT2D eigenvalue weighted by Gasteiger charge is -2.44. The molecule has 0 bridgehead atoms. The Morgan fingerprint density at radius 2 is 1.42 bits per heavy atom. The van der Waals surface area contributed by atoms with Crippen molar-refractivity contribution in [3.05, 3.63) is 101 Å². The molecular weight excluding hydrogens is 296 g/mol. The predicted octanol–water partition coefficient (Wildman–Crippen LogP) is 4.80. The van der Waals surface area contributed by atoms with Crippen molar-refractivity contribution in [1.82, 2.24) is 0 Å². The van der Waals surface area contributed by atoms with E-state index >= 15 is 0 Å². The highest BCUT2D eigenvalue weighted by molar-refractivity contribution is 5.70. The molecule has 116 valence electrons. The zero-order valence-corrected chi connectivity index (χ0v) is 13.1. The second-order valence-electron chi connectivity index (χ2n) is 6.14. The summed E-state index contributed by atoms with van der Waals surface area (Å²) in [6, 6.07) is 26.7. The summed E-state index contributed by atoms with van der Waals surface area (Å²) < 4.78 is 12.7. The first-order chi connectivity index (χ1) is 11.9. The fourth-order valence-corrected chi connectivity index (χ4v) is 3.70. The lowest BCUT2D eigenvalue weighted by molar-refractivity contribution is 0.112. The number of fused-ring (bicyclic) bond motifs is 4. The Morgan fingerprint density at radius 3 is 2.29 bits per heavy atom. The van der Waals surface area contributed by atoms with Crippen molar-refractivity contribution in [1.29, 1.82) is 0 Å². The molecule has 2 nitrogen and oxygen atoms in total. The Balaban J connectivity index is 1.84. The molecule has 0 N–H and O–H groups in total. The number of hydrogen-bond donors (Lipinski definition) is 0. The molecule has 2 heteroatoms. The summed E-state index contributed by atoms with van der Waals surface area (Å²) in [5, 5.41) is 0. The van der Waals surface area contributed by atoms with Gasteiger partial charge in [-0.1, -0.05) is 66.7 Å². The molecule has 2 aliphatic heterocycles. The lowest BCUT2D eigenvalue weighted by Crippen LogP contribution is -2.43. The second kappa shape index (κ2) is 5.00. The molecule has 0 saturated heterocycles. The van der Waals surface area contributed by atoms with Crippen LogP contribution in [0.4, 0.5) is 0 Å². The van der Waals surface area contributed by atoms with Crippen molar-refractivity contribution in [3.63, 3.8) is 0 Å². The molecule has 3 aromatic rings. The van der Waals surface area contributed by atoms with E-state index in [-0.39, 0.29) is 0 Å². The van der Waals surface area contributed by atoms with Gasteiger partial charge in [0.05, 0.1) is 0 Å². The van der Waals surface area contributed by atoms with E-state index in [1.54, 1.807) is 0 Å². The Labute approximate surface area is 141 Å². The third-order valence-electron chi connectivity index (χ3n) is 4.79. The van der Waals surface area contributed by atoms with Crippen molar-refractivity contribution >= 4 is 6.08 Å². The van der Waals surface area contributed by atoms with Crippen LogP contribution in [0.2, 0.25) is 0 Å². The van der Waals surface area contributed by atoms with E-state index < -0.39 is 5.60 Å². The lowest BCUT2D eigenvalue weighted by atomic mass is 9.76. The minimum atomic E-state index is -0.621. The molecule has 5 rings (SSSR count). The molecule has 1 atom stereocenters. The van der Waals surface area contributed by atoms with Crippen LogP contribution in [0.5, 0.6) is 11.5 Å². The molecule has 2 aliphatic rings. The van der Waals surface area contributed by atoms with Crippen molar-refractivity contribution in [2.45, 2.75) is 5.60 Å². The third-order valence-corrected chi connectivity index (χ3v) is 4.79. The molecule has 0 aliphatic carbocycles. The van der Waals surface area contributed by atoms with Crippen LogP contribution < -0.4 is 9.47 Å². The minimum absolute atomic E-state index is 0.528. The van der Waals surface area contributed by atoms with Gasteiger partial charge in [0.25, 0.3) is 0 Å². The quantitative estimate of drug-likeness (QED) is 0.642. The fraction of sp³-hybridized carbons (Fsp3) is 0.0909. The van der Waals surface area contributed by atoms with Gasteiger partial charge >= 0.3 is 0 Å². The molecule has 0 spiro atoms. The normalized spacial score (nSPS) is 20.6. The Kier molecular flexibility index (Phi) is 2.80. The molecule has 0 amide bonds. The molecule has 0 aromatic heterocycles. The highest BCUT2D eigenvalue weighted by Gasteiger charge is 2.47. The molecule has 0 fully saturated rings. The van der Waals surface area contributed by atoms with Crippen LogP contribution >= 0.6 is 0 Å². The molecule has 2 heterocycles. The average molecular weight is 312 g/mol. The van der Waals surface area contributed by atoms with Crippen LogP contribution in [0.3, 0.4) is 0 Å². The van der Waals surface area contributed by atoms with Crippen LogP contribution in [-0.2, 0) is 5.60 Å². The van der Waals surface area contributed by atoms with E-state index in [1.807, 2.05) is 42.5 Å². The summed E-state index contributed by atoms with van der Waals surface area (Å²) in [4.78, 5) is 0. The van der Waals surface area contributed by atoms with E-state index in [2.05, 4.69) is 42.5 Å². The van der Waals surface area contributed by atoms with E-state index in [0.717, 1.165) is 33.8 Å². The standard InChI is InChI=1S/C22H16O2/c1-2-9-17(10-3-1)22-18(14-16-8-4-6-12-20(16)24-22)15-23-21-13-7-5-11-19(21)22/h1-14H,15H2. The maximum absolute atomic E-state index is 6.69. The maximum Gasteiger partial charge on any atom is 0.187 e. The molecule has 0 saturated carbocycles. The Bertz CT molecular complexity index is 943. The summed E-state index contributed by atoms with van der Waals surface area (Å²) in [5.41, 5.74) is 3.79. The molecule has 1 unspecified atom stereocenters. The van der Waals surface area contributed by atoms with Crippen molar-refractivity contribution in [3.8, 4) is 11.5 Å². The van der Waals surface area contributed by atoms with Gasteiger partial charge < -0.3 is 9.47 Å². The van der Waals surface area contributed by atoms with Crippen molar-refractivity contribution < 1.29 is 9.47 Å². The number of para-hydroxylation sites is 2. The van der Waals surface area contributed by atoms with Crippen molar-refractivity contribution in [2.24, 2.45) is 0 Å². The van der Waals surface area contributed by atoms with Crippen LogP contribution in [0, 0.1) is 0 Å². The first-order valence-electron chi connectivity index (χ1n) is 8.15. The van der Waals surface area contributed by atoms with Gasteiger partial charge in [0.1, 0.15) is 18.1 Å². The number of ether oxygens (including phenoxy) is 2. The summed E-state index contributed by atoms with van der Waals surface area (Å²) in [6.07, 6.45) is 2.21. The van der Waals surface area contributed by atoms with Crippen molar-refractivity contribution in [2.75, 3.05) is 6.61 Å². The van der Waals surface area contributed by atoms with Crippen LogP contribution in [0.25, 0.3) is 6.08 Å². The molecule has 24 heavy (non-hydrogen) atoms. The largest absolute Gasteiger partial charge is 0.489 e. The third kappa shape index (κ3) is 1.77. The average Bonchev–Trinajstić information content (AvgIpc) is 2.67. The zero-order valence-electron chi connectivity index (χ0n) is 13.1. The topological polar surface area (TPSA) is 18.5 Å². The Morgan fingerprint density at radius 1 is 0.708 bits per heavy atom. The maximum atomic E-state index is 6.69. The Hall–Kier alpha value is -3.00. The number of benzene rings is 3. The van der Waals surface area contributed by atoms with Crippen LogP contribution in [0.1, 0.15) is 16.7 Å². The van der Waals surface area contributed by atoms with Crippen LogP contribution in [-0.4, -0.2) is 6.61 Å². The number of hydrogen-bond acceptors (Lipinski definition) is 2. The SMILES string of the molecule is C1=C2COc3ccccc3C2(c2ccccc2)Oc2ccccc21. The predicted molar refractivity (Wildman–Crippen MR) is 94.2 cm³/mol. The van der Waals surface area contributed by atoms with Gasteiger partial charge in [0.15, 0.2) is 5.60 Å². The van der Waals surface area contributed by atoms with Gasteiger partial charge in [0.2, 0.25) is 0 Å². The number of rotatable bonds is 1. The smallest absolute Gasteiger partial charge is 0.187 e. The summed E-state index contributed by atoms with van der Waals surface area (Å²) in [6.45, 7) is 0.528. The van der Waals surface area contributed by atoms with Gasteiger partial charge in [-0.15, -0.1) is 0 Å². The minimum Gasteiger partial charge on any atom is -0.489 e. The molecule has 3 aromatic carbocycles. The summed E-state index contributed by atoms with van der Waals surface area (Å²) in [7, 11) is 0. The van der Waals surface area contributed by atoms with Crippen LogP contribution in [0.15, 0.2) is 84.4 Å². The van der Waals surface area contributed by atoms with Gasteiger partial charge in [-0.05, 0) is 18.2 Å².